The summed E-state index contributed by atoms with van der Waals surface area (Å²) in [6.45, 7) is 6.05. The Morgan fingerprint density at radius 1 is 1.40 bits per heavy atom. The number of rotatable bonds is 4. The van der Waals surface area contributed by atoms with Crippen LogP contribution in [0.5, 0.6) is 0 Å². The average molecular weight is 339 g/mol. The van der Waals surface area contributed by atoms with E-state index in [2.05, 4.69) is 33.5 Å². The fourth-order valence-electron chi connectivity index (χ4n) is 2.96. The molecule has 1 heterocycles. The molecular formula is C16H23BrN2O. The van der Waals surface area contributed by atoms with Crippen molar-refractivity contribution in [3.8, 4) is 0 Å². The van der Waals surface area contributed by atoms with Crippen molar-refractivity contribution in [1.82, 2.24) is 5.32 Å². The first-order valence-electron chi connectivity index (χ1n) is 7.36. The Morgan fingerprint density at radius 3 is 2.75 bits per heavy atom. The molecule has 20 heavy (non-hydrogen) atoms. The zero-order valence-electron chi connectivity index (χ0n) is 12.3. The smallest absolute Gasteiger partial charge is 0.230 e. The van der Waals surface area contributed by atoms with Crippen LogP contribution >= 0.6 is 15.9 Å². The molecule has 1 aromatic carbocycles. The molecule has 1 aliphatic rings. The highest BCUT2D eigenvalue weighted by atomic mass is 79.9. The van der Waals surface area contributed by atoms with Crippen molar-refractivity contribution >= 4 is 27.5 Å². The molecule has 3 nitrogen and oxygen atoms in total. The van der Waals surface area contributed by atoms with E-state index in [0.29, 0.717) is 0 Å². The molecule has 0 unspecified atom stereocenters. The molecule has 110 valence electrons. The minimum Gasteiger partial charge on any atom is -0.325 e. The second kappa shape index (κ2) is 6.72. The lowest BCUT2D eigenvalue weighted by atomic mass is 9.74. The van der Waals surface area contributed by atoms with Gasteiger partial charge in [0.05, 0.1) is 11.1 Å². The van der Waals surface area contributed by atoms with Crippen molar-refractivity contribution in [2.75, 3.05) is 18.4 Å². The van der Waals surface area contributed by atoms with Gasteiger partial charge in [-0.1, -0.05) is 19.4 Å². The molecule has 2 N–H and O–H groups in total. The van der Waals surface area contributed by atoms with Gasteiger partial charge < -0.3 is 10.6 Å². The number of aryl methyl sites for hydroxylation is 1. The van der Waals surface area contributed by atoms with Gasteiger partial charge in [0.25, 0.3) is 0 Å². The molecule has 0 radical (unpaired) electrons. The van der Waals surface area contributed by atoms with E-state index in [1.165, 1.54) is 0 Å². The van der Waals surface area contributed by atoms with Crippen molar-refractivity contribution in [3.05, 3.63) is 28.2 Å². The lowest BCUT2D eigenvalue weighted by molar-refractivity contribution is -0.127. The molecule has 0 bridgehead atoms. The first-order valence-corrected chi connectivity index (χ1v) is 8.15. The van der Waals surface area contributed by atoms with Gasteiger partial charge in [-0.15, -0.1) is 0 Å². The van der Waals surface area contributed by atoms with Crippen molar-refractivity contribution in [3.63, 3.8) is 0 Å². The number of carbonyl (C=O) groups is 1. The minimum absolute atomic E-state index is 0.173. The number of benzene rings is 1. The summed E-state index contributed by atoms with van der Waals surface area (Å²) < 4.78 is 0.942. The number of nitrogens with one attached hydrogen (secondary N) is 2. The Bertz CT molecular complexity index is 476. The van der Waals surface area contributed by atoms with Crippen LogP contribution in [0.25, 0.3) is 0 Å². The zero-order valence-corrected chi connectivity index (χ0v) is 13.8. The van der Waals surface area contributed by atoms with E-state index in [4.69, 9.17) is 0 Å². The van der Waals surface area contributed by atoms with E-state index in [0.717, 1.165) is 54.5 Å². The maximum Gasteiger partial charge on any atom is 0.230 e. The molecule has 0 saturated carbocycles. The first-order chi connectivity index (χ1) is 9.57. The van der Waals surface area contributed by atoms with E-state index < -0.39 is 0 Å². The standard InChI is InChI=1S/C16H23BrN2O/c1-3-6-16(7-9-18-10-8-16)15(20)19-14-11-12(2)4-5-13(14)17/h4-5,11,18H,3,6-10H2,1-2H3,(H,19,20). The highest BCUT2D eigenvalue weighted by Gasteiger charge is 2.38. The molecule has 0 spiro atoms. The Balaban J connectivity index is 2.18. The zero-order chi connectivity index (χ0) is 14.6. The quantitative estimate of drug-likeness (QED) is 0.874. The molecule has 1 amide bonds. The second-order valence-electron chi connectivity index (χ2n) is 5.72. The summed E-state index contributed by atoms with van der Waals surface area (Å²) >= 11 is 3.51. The third-order valence-corrected chi connectivity index (χ3v) is 4.83. The summed E-state index contributed by atoms with van der Waals surface area (Å²) in [5, 5.41) is 6.48. The number of anilines is 1. The van der Waals surface area contributed by atoms with Crippen LogP contribution in [-0.4, -0.2) is 19.0 Å². The maximum atomic E-state index is 12.8. The number of hydrogen-bond acceptors (Lipinski definition) is 2. The molecule has 0 aromatic heterocycles. The maximum absolute atomic E-state index is 12.8. The van der Waals surface area contributed by atoms with Gasteiger partial charge in [0, 0.05) is 4.47 Å². The summed E-state index contributed by atoms with van der Waals surface area (Å²) in [5.41, 5.74) is 1.82. The molecule has 4 heteroatoms. The van der Waals surface area contributed by atoms with Gasteiger partial charge in [-0.05, 0) is 72.9 Å². The number of hydrogen-bond donors (Lipinski definition) is 2. The minimum atomic E-state index is -0.205. The number of halogens is 1. The molecular weight excluding hydrogens is 316 g/mol. The van der Waals surface area contributed by atoms with E-state index in [1.807, 2.05) is 25.1 Å². The predicted molar refractivity (Wildman–Crippen MR) is 87.0 cm³/mol. The topological polar surface area (TPSA) is 41.1 Å². The van der Waals surface area contributed by atoms with Gasteiger partial charge in [0.1, 0.15) is 0 Å². The lowest BCUT2D eigenvalue weighted by Crippen LogP contribution is -2.44. The highest BCUT2D eigenvalue weighted by Crippen LogP contribution is 2.36. The molecule has 1 saturated heterocycles. The second-order valence-corrected chi connectivity index (χ2v) is 6.57. The van der Waals surface area contributed by atoms with Crippen LogP contribution in [0.4, 0.5) is 5.69 Å². The summed E-state index contributed by atoms with van der Waals surface area (Å²) in [7, 11) is 0. The van der Waals surface area contributed by atoms with E-state index in [-0.39, 0.29) is 11.3 Å². The lowest BCUT2D eigenvalue weighted by Gasteiger charge is -2.36. The third-order valence-electron chi connectivity index (χ3n) is 4.14. The van der Waals surface area contributed by atoms with Gasteiger partial charge >= 0.3 is 0 Å². The van der Waals surface area contributed by atoms with Gasteiger partial charge in [-0.3, -0.25) is 4.79 Å². The average Bonchev–Trinajstić information content (AvgIpc) is 2.44. The summed E-state index contributed by atoms with van der Waals surface area (Å²) in [5.74, 6) is 0.173. The van der Waals surface area contributed by atoms with Crippen LogP contribution in [-0.2, 0) is 4.79 Å². The van der Waals surface area contributed by atoms with Crippen LogP contribution < -0.4 is 10.6 Å². The Hall–Kier alpha value is -0.870. The van der Waals surface area contributed by atoms with Crippen molar-refractivity contribution in [2.24, 2.45) is 5.41 Å². The van der Waals surface area contributed by atoms with Gasteiger partial charge in [-0.25, -0.2) is 0 Å². The fourth-order valence-corrected chi connectivity index (χ4v) is 3.31. The molecule has 0 aliphatic carbocycles. The van der Waals surface area contributed by atoms with E-state index in [9.17, 15) is 4.79 Å². The molecule has 1 aromatic rings. The Kier molecular flexibility index (Phi) is 5.22. The van der Waals surface area contributed by atoms with Gasteiger partial charge in [0.2, 0.25) is 5.91 Å². The summed E-state index contributed by atoms with van der Waals surface area (Å²) in [6.07, 6.45) is 3.86. The van der Waals surface area contributed by atoms with Gasteiger partial charge in [-0.2, -0.15) is 0 Å². The molecule has 1 aliphatic heterocycles. The Labute approximate surface area is 129 Å². The van der Waals surface area contributed by atoms with E-state index in [1.54, 1.807) is 0 Å². The normalized spacial score (nSPS) is 17.8. The monoisotopic (exact) mass is 338 g/mol. The third kappa shape index (κ3) is 3.41. The van der Waals surface area contributed by atoms with Crippen LogP contribution in [0.15, 0.2) is 22.7 Å². The number of amides is 1. The Morgan fingerprint density at radius 2 is 2.10 bits per heavy atom. The first kappa shape index (κ1) is 15.5. The van der Waals surface area contributed by atoms with Crippen LogP contribution in [0.1, 0.15) is 38.2 Å². The molecule has 2 rings (SSSR count). The molecule has 0 atom stereocenters. The number of piperidine rings is 1. The summed E-state index contributed by atoms with van der Waals surface area (Å²) in [6, 6.07) is 6.04. The van der Waals surface area contributed by atoms with Crippen LogP contribution in [0, 0.1) is 12.3 Å². The SMILES string of the molecule is CCCC1(C(=O)Nc2cc(C)ccc2Br)CCNCC1. The van der Waals surface area contributed by atoms with E-state index >= 15 is 0 Å². The van der Waals surface area contributed by atoms with Gasteiger partial charge in [0.15, 0.2) is 0 Å². The highest BCUT2D eigenvalue weighted by molar-refractivity contribution is 9.10. The molecule has 1 fully saturated rings. The van der Waals surface area contributed by atoms with Crippen LogP contribution in [0.3, 0.4) is 0 Å². The largest absolute Gasteiger partial charge is 0.325 e. The fraction of sp³-hybridized carbons (Fsp3) is 0.562. The number of carbonyl (C=O) groups excluding carboxylic acids is 1. The summed E-state index contributed by atoms with van der Waals surface area (Å²) in [4.78, 5) is 12.8. The predicted octanol–water partition coefficient (Wildman–Crippen LogP) is 3.87. The van der Waals surface area contributed by atoms with Crippen molar-refractivity contribution in [2.45, 2.75) is 39.5 Å². The van der Waals surface area contributed by atoms with Crippen molar-refractivity contribution in [1.29, 1.82) is 0 Å². The van der Waals surface area contributed by atoms with Crippen LogP contribution in [0.2, 0.25) is 0 Å². The van der Waals surface area contributed by atoms with Crippen molar-refractivity contribution < 1.29 is 4.79 Å².